The Kier molecular flexibility index (Phi) is 3.31. The monoisotopic (exact) mass is 237 g/mol. The van der Waals surface area contributed by atoms with Gasteiger partial charge in [0, 0.05) is 12.1 Å². The highest BCUT2D eigenvalue weighted by Crippen LogP contribution is 2.30. The molecule has 1 aromatic carbocycles. The Morgan fingerprint density at radius 2 is 2.06 bits per heavy atom. The number of alkyl halides is 1. The standard InChI is InChI=1S/C13H16ClNO/c1-15-9-5-8-13(14,10-15)12(16)11-6-3-2-4-7-11/h2-4,6-7H,5,8-10H2,1H3. The van der Waals surface area contributed by atoms with E-state index in [-0.39, 0.29) is 5.78 Å². The zero-order chi connectivity index (χ0) is 11.6. The Balaban J connectivity index is 2.21. The van der Waals surface area contributed by atoms with Crippen LogP contribution in [0, 0.1) is 0 Å². The van der Waals surface area contributed by atoms with Crippen molar-refractivity contribution in [2.45, 2.75) is 17.7 Å². The van der Waals surface area contributed by atoms with Gasteiger partial charge >= 0.3 is 0 Å². The molecule has 0 saturated carbocycles. The molecule has 1 aliphatic rings. The highest BCUT2D eigenvalue weighted by atomic mass is 35.5. The molecule has 1 aliphatic heterocycles. The number of ketones is 1. The summed E-state index contributed by atoms with van der Waals surface area (Å²) in [6, 6.07) is 9.33. The third-order valence-corrected chi connectivity index (χ3v) is 3.56. The Morgan fingerprint density at radius 3 is 2.69 bits per heavy atom. The zero-order valence-corrected chi connectivity index (χ0v) is 10.2. The lowest BCUT2D eigenvalue weighted by atomic mass is 9.89. The van der Waals surface area contributed by atoms with Gasteiger partial charge in [-0.2, -0.15) is 0 Å². The van der Waals surface area contributed by atoms with Crippen LogP contribution in [0.1, 0.15) is 23.2 Å². The summed E-state index contributed by atoms with van der Waals surface area (Å²) in [5.74, 6) is 0.0568. The molecule has 1 saturated heterocycles. The molecule has 1 atom stereocenters. The molecule has 2 rings (SSSR count). The van der Waals surface area contributed by atoms with Crippen LogP contribution in [0.2, 0.25) is 0 Å². The number of carbonyl (C=O) groups excluding carboxylic acids is 1. The van der Waals surface area contributed by atoms with Gasteiger partial charge < -0.3 is 4.90 Å². The number of piperidine rings is 1. The first-order valence-electron chi connectivity index (χ1n) is 5.59. The summed E-state index contributed by atoms with van der Waals surface area (Å²) in [6.45, 7) is 1.67. The minimum absolute atomic E-state index is 0.0568. The fourth-order valence-corrected chi connectivity index (χ4v) is 2.70. The molecular weight excluding hydrogens is 222 g/mol. The highest BCUT2D eigenvalue weighted by Gasteiger charge is 2.39. The third kappa shape index (κ3) is 2.28. The van der Waals surface area contributed by atoms with Crippen LogP contribution in [-0.4, -0.2) is 35.7 Å². The second-order valence-electron chi connectivity index (χ2n) is 4.50. The van der Waals surface area contributed by atoms with E-state index >= 15 is 0 Å². The van der Waals surface area contributed by atoms with Crippen molar-refractivity contribution in [3.05, 3.63) is 35.9 Å². The number of Topliss-reactive ketones (excluding diaryl/α,β-unsaturated/α-hetero) is 1. The van der Waals surface area contributed by atoms with Gasteiger partial charge in [-0.3, -0.25) is 4.79 Å². The van der Waals surface area contributed by atoms with Crippen LogP contribution in [0.25, 0.3) is 0 Å². The van der Waals surface area contributed by atoms with E-state index in [2.05, 4.69) is 4.90 Å². The van der Waals surface area contributed by atoms with Crippen molar-refractivity contribution in [1.29, 1.82) is 0 Å². The zero-order valence-electron chi connectivity index (χ0n) is 9.45. The average Bonchev–Trinajstić information content (AvgIpc) is 2.29. The lowest BCUT2D eigenvalue weighted by molar-refractivity contribution is 0.0875. The van der Waals surface area contributed by atoms with Crippen LogP contribution in [0.4, 0.5) is 0 Å². The second kappa shape index (κ2) is 4.56. The molecule has 1 fully saturated rings. The van der Waals surface area contributed by atoms with Gasteiger partial charge in [0.05, 0.1) is 0 Å². The molecule has 3 heteroatoms. The molecule has 0 bridgehead atoms. The molecule has 0 aromatic heterocycles. The van der Waals surface area contributed by atoms with Crippen LogP contribution in [-0.2, 0) is 0 Å². The summed E-state index contributed by atoms with van der Waals surface area (Å²) in [4.78, 5) is 13.7. The maximum absolute atomic E-state index is 12.3. The normalized spacial score (nSPS) is 26.6. The molecule has 1 unspecified atom stereocenters. The van der Waals surface area contributed by atoms with E-state index in [4.69, 9.17) is 11.6 Å². The Labute approximate surface area is 101 Å². The number of likely N-dealkylation sites (tertiary alicyclic amines) is 1. The molecule has 0 N–H and O–H groups in total. The first-order valence-corrected chi connectivity index (χ1v) is 5.97. The van der Waals surface area contributed by atoms with Gasteiger partial charge in [-0.15, -0.1) is 11.6 Å². The number of carbonyl (C=O) groups is 1. The first kappa shape index (κ1) is 11.6. The molecule has 2 nitrogen and oxygen atoms in total. The van der Waals surface area contributed by atoms with E-state index in [9.17, 15) is 4.79 Å². The van der Waals surface area contributed by atoms with Crippen molar-refractivity contribution in [3.63, 3.8) is 0 Å². The minimum Gasteiger partial charge on any atom is -0.304 e. The largest absolute Gasteiger partial charge is 0.304 e. The van der Waals surface area contributed by atoms with Crippen LogP contribution in [0.15, 0.2) is 30.3 Å². The van der Waals surface area contributed by atoms with Crippen LogP contribution >= 0.6 is 11.6 Å². The maximum atomic E-state index is 12.3. The molecule has 0 spiro atoms. The maximum Gasteiger partial charge on any atom is 0.185 e. The van der Waals surface area contributed by atoms with E-state index in [1.807, 2.05) is 37.4 Å². The van der Waals surface area contributed by atoms with E-state index in [0.29, 0.717) is 12.1 Å². The van der Waals surface area contributed by atoms with Crippen molar-refractivity contribution in [2.75, 3.05) is 20.1 Å². The Hall–Kier alpha value is -0.860. The molecule has 0 radical (unpaired) electrons. The SMILES string of the molecule is CN1CCCC(Cl)(C(=O)c2ccccc2)C1. The van der Waals surface area contributed by atoms with E-state index in [1.165, 1.54) is 0 Å². The van der Waals surface area contributed by atoms with Gasteiger partial charge in [-0.25, -0.2) is 0 Å². The van der Waals surface area contributed by atoms with Crippen molar-refractivity contribution in [3.8, 4) is 0 Å². The van der Waals surface area contributed by atoms with Gasteiger partial charge in [0.1, 0.15) is 4.87 Å². The number of hydrogen-bond donors (Lipinski definition) is 0. The summed E-state index contributed by atoms with van der Waals surface area (Å²) < 4.78 is 0. The van der Waals surface area contributed by atoms with Crippen molar-refractivity contribution in [2.24, 2.45) is 0 Å². The minimum atomic E-state index is -0.728. The number of nitrogens with zero attached hydrogens (tertiary/aromatic N) is 1. The predicted molar refractivity (Wildman–Crippen MR) is 66.1 cm³/mol. The highest BCUT2D eigenvalue weighted by molar-refractivity contribution is 6.38. The third-order valence-electron chi connectivity index (χ3n) is 3.08. The summed E-state index contributed by atoms with van der Waals surface area (Å²) >= 11 is 6.46. The second-order valence-corrected chi connectivity index (χ2v) is 5.23. The molecule has 1 heterocycles. The molecule has 1 aromatic rings. The Bertz CT molecular complexity index is 379. The summed E-state index contributed by atoms with van der Waals surface area (Å²) in [5, 5.41) is 0. The number of halogens is 1. The van der Waals surface area contributed by atoms with Crippen molar-refractivity contribution < 1.29 is 4.79 Å². The van der Waals surface area contributed by atoms with Crippen LogP contribution in [0.3, 0.4) is 0 Å². The topological polar surface area (TPSA) is 20.3 Å². The summed E-state index contributed by atoms with van der Waals surface area (Å²) in [6.07, 6.45) is 1.76. The summed E-state index contributed by atoms with van der Waals surface area (Å²) in [7, 11) is 2.01. The van der Waals surface area contributed by atoms with Gasteiger partial charge in [-0.1, -0.05) is 30.3 Å². The molecule has 0 aliphatic carbocycles. The number of hydrogen-bond acceptors (Lipinski definition) is 2. The van der Waals surface area contributed by atoms with Crippen LogP contribution < -0.4 is 0 Å². The van der Waals surface area contributed by atoms with Crippen molar-refractivity contribution >= 4 is 17.4 Å². The number of benzene rings is 1. The lowest BCUT2D eigenvalue weighted by Crippen LogP contribution is -2.47. The van der Waals surface area contributed by atoms with E-state index in [0.717, 1.165) is 19.4 Å². The Morgan fingerprint density at radius 1 is 1.38 bits per heavy atom. The van der Waals surface area contributed by atoms with Gasteiger partial charge in [0.2, 0.25) is 0 Å². The molecule has 0 amide bonds. The molecule has 86 valence electrons. The van der Waals surface area contributed by atoms with Crippen LogP contribution in [0.5, 0.6) is 0 Å². The summed E-state index contributed by atoms with van der Waals surface area (Å²) in [5.41, 5.74) is 0.716. The van der Waals surface area contributed by atoms with E-state index < -0.39 is 4.87 Å². The van der Waals surface area contributed by atoms with E-state index in [1.54, 1.807) is 0 Å². The molecule has 16 heavy (non-hydrogen) atoms. The smallest absolute Gasteiger partial charge is 0.185 e. The van der Waals surface area contributed by atoms with Gasteiger partial charge in [-0.05, 0) is 26.4 Å². The first-order chi connectivity index (χ1) is 7.62. The fourth-order valence-electron chi connectivity index (χ4n) is 2.25. The average molecular weight is 238 g/mol. The van der Waals surface area contributed by atoms with Crippen molar-refractivity contribution in [1.82, 2.24) is 4.90 Å². The lowest BCUT2D eigenvalue weighted by Gasteiger charge is -2.35. The molecular formula is C13H16ClNO. The van der Waals surface area contributed by atoms with Gasteiger partial charge in [0.15, 0.2) is 5.78 Å². The fraction of sp³-hybridized carbons (Fsp3) is 0.462. The quantitative estimate of drug-likeness (QED) is 0.582. The predicted octanol–water partition coefficient (Wildman–Crippen LogP) is 2.57. The van der Waals surface area contributed by atoms with Gasteiger partial charge in [0.25, 0.3) is 0 Å². The number of rotatable bonds is 2.